The van der Waals surface area contributed by atoms with Crippen LogP contribution in [0.2, 0.25) is 0 Å². The Labute approximate surface area is 279 Å². The largest absolute Gasteiger partial charge is 0.487 e. The van der Waals surface area contributed by atoms with Crippen LogP contribution < -0.4 is 20.3 Å². The number of rotatable bonds is 11. The van der Waals surface area contributed by atoms with E-state index in [9.17, 15) is 14.4 Å². The maximum absolute atomic E-state index is 13.1. The zero-order valence-electron chi connectivity index (χ0n) is 27.7. The lowest BCUT2D eigenvalue weighted by atomic mass is 10.0. The maximum atomic E-state index is 13.1. The fourth-order valence-electron chi connectivity index (χ4n) is 5.34. The minimum atomic E-state index is -0.433. The highest BCUT2D eigenvalue weighted by molar-refractivity contribution is 5.99. The molecule has 3 amide bonds. The zero-order chi connectivity index (χ0) is 34.2. The van der Waals surface area contributed by atoms with Crippen molar-refractivity contribution in [3.8, 4) is 5.75 Å². The molecule has 3 aromatic heterocycles. The van der Waals surface area contributed by atoms with Gasteiger partial charge in [-0.05, 0) is 98.0 Å². The van der Waals surface area contributed by atoms with Crippen LogP contribution in [-0.4, -0.2) is 46.3 Å². The van der Waals surface area contributed by atoms with Crippen LogP contribution in [0.4, 0.5) is 5.69 Å². The van der Waals surface area contributed by atoms with Gasteiger partial charge in [0.05, 0.1) is 18.8 Å². The smallest absolute Gasteiger partial charge is 0.270 e. The molecule has 3 heterocycles. The Hall–Kier alpha value is -5.90. The number of amides is 3. The summed E-state index contributed by atoms with van der Waals surface area (Å²) in [5.74, 6) is -0.329. The third-order valence-corrected chi connectivity index (χ3v) is 8.07. The molecule has 0 radical (unpaired) electrons. The highest BCUT2D eigenvalue weighted by atomic mass is 16.5. The predicted molar refractivity (Wildman–Crippen MR) is 187 cm³/mol. The Morgan fingerprint density at radius 3 is 2.48 bits per heavy atom. The van der Waals surface area contributed by atoms with Crippen molar-refractivity contribution in [1.82, 2.24) is 25.6 Å². The maximum Gasteiger partial charge on any atom is 0.270 e. The van der Waals surface area contributed by atoms with Gasteiger partial charge in [-0.1, -0.05) is 30.3 Å². The molecule has 0 bridgehead atoms. The van der Waals surface area contributed by atoms with Crippen LogP contribution in [0.3, 0.4) is 0 Å². The lowest BCUT2D eigenvalue weighted by Crippen LogP contribution is -2.38. The Balaban J connectivity index is 1.15. The van der Waals surface area contributed by atoms with Crippen LogP contribution in [-0.2, 0) is 22.7 Å². The van der Waals surface area contributed by atoms with Gasteiger partial charge < -0.3 is 20.3 Å². The topological polar surface area (TPSA) is 126 Å². The van der Waals surface area contributed by atoms with Gasteiger partial charge in [0.1, 0.15) is 23.6 Å². The standard InChI is InChI=1S/C38H38N6O4/c1-24-12-16-33(27(4)31(24)23-48-34-11-8-10-30-25(2)19-26(3)43-37(30)34)44(5)36(46)22-41-35(45)17-14-28-13-15-32(40-20-28)38(47)42-21-29-9-6-7-18-39-29/h6-20H,21-23H2,1-5H3,(H,41,45)(H,42,47)/b17-14+. The number of carbonyl (C=O) groups is 3. The normalized spacial score (nSPS) is 11.0. The number of aryl methyl sites for hydroxylation is 3. The molecule has 2 aromatic carbocycles. The summed E-state index contributed by atoms with van der Waals surface area (Å²) in [5.41, 5.74) is 8.18. The van der Waals surface area contributed by atoms with E-state index in [1.807, 2.05) is 69.3 Å². The van der Waals surface area contributed by atoms with Gasteiger partial charge in [-0.3, -0.25) is 24.4 Å². The van der Waals surface area contributed by atoms with E-state index in [0.717, 1.165) is 50.2 Å². The van der Waals surface area contributed by atoms with Crippen LogP contribution in [0.1, 0.15) is 49.7 Å². The monoisotopic (exact) mass is 642 g/mol. The molecule has 244 valence electrons. The molecule has 0 unspecified atom stereocenters. The summed E-state index contributed by atoms with van der Waals surface area (Å²) in [4.78, 5) is 52.6. The summed E-state index contributed by atoms with van der Waals surface area (Å²) in [7, 11) is 1.69. The number of pyridine rings is 3. The number of hydrogen-bond acceptors (Lipinski definition) is 7. The third-order valence-electron chi connectivity index (χ3n) is 8.07. The number of nitrogens with zero attached hydrogens (tertiary/aromatic N) is 4. The quantitative estimate of drug-likeness (QED) is 0.181. The Morgan fingerprint density at radius 1 is 0.896 bits per heavy atom. The number of carbonyl (C=O) groups excluding carboxylic acids is 3. The summed E-state index contributed by atoms with van der Waals surface area (Å²) in [6.45, 7) is 8.43. The van der Waals surface area contributed by atoms with Crippen LogP contribution in [0.15, 0.2) is 85.2 Å². The number of nitrogens with one attached hydrogen (secondary N) is 2. The number of likely N-dealkylation sites (N-methyl/N-ethyl adjacent to an activating group) is 1. The Morgan fingerprint density at radius 2 is 1.73 bits per heavy atom. The molecule has 0 aliphatic carbocycles. The van der Waals surface area contributed by atoms with E-state index in [1.54, 1.807) is 31.5 Å². The van der Waals surface area contributed by atoms with Gasteiger partial charge in [0.15, 0.2) is 0 Å². The average molecular weight is 643 g/mol. The molecule has 10 nitrogen and oxygen atoms in total. The minimum Gasteiger partial charge on any atom is -0.487 e. The molecule has 5 rings (SSSR count). The first-order chi connectivity index (χ1) is 23.1. The van der Waals surface area contributed by atoms with E-state index >= 15 is 0 Å². The van der Waals surface area contributed by atoms with Crippen LogP contribution in [0, 0.1) is 27.7 Å². The van der Waals surface area contributed by atoms with Crippen molar-refractivity contribution >= 4 is 40.4 Å². The summed E-state index contributed by atoms with van der Waals surface area (Å²) in [6.07, 6.45) is 6.05. The van der Waals surface area contributed by atoms with E-state index in [4.69, 9.17) is 9.72 Å². The van der Waals surface area contributed by atoms with E-state index < -0.39 is 5.91 Å². The van der Waals surface area contributed by atoms with Gasteiger partial charge in [0.2, 0.25) is 11.8 Å². The SMILES string of the molecule is Cc1cc(C)c2cccc(OCc3c(C)ccc(N(C)C(=O)CNC(=O)/C=C/c4ccc(C(=O)NCc5ccccn5)nc4)c3C)c2n1. The van der Waals surface area contributed by atoms with Gasteiger partial charge in [0.25, 0.3) is 5.91 Å². The second-order valence-electron chi connectivity index (χ2n) is 11.5. The highest BCUT2D eigenvalue weighted by Gasteiger charge is 2.18. The third kappa shape index (κ3) is 8.08. The van der Waals surface area contributed by atoms with Crippen molar-refractivity contribution in [2.24, 2.45) is 0 Å². The average Bonchev–Trinajstić information content (AvgIpc) is 3.09. The van der Waals surface area contributed by atoms with Crippen molar-refractivity contribution < 1.29 is 19.1 Å². The molecule has 5 aromatic rings. The molecule has 0 aliphatic rings. The van der Waals surface area contributed by atoms with E-state index in [1.165, 1.54) is 17.2 Å². The molecule has 0 spiro atoms. The fraction of sp³-hybridized carbons (Fsp3) is 0.211. The lowest BCUT2D eigenvalue weighted by Gasteiger charge is -2.23. The molecule has 10 heteroatoms. The molecular weight excluding hydrogens is 604 g/mol. The first-order valence-corrected chi connectivity index (χ1v) is 15.6. The first-order valence-electron chi connectivity index (χ1n) is 15.6. The van der Waals surface area contributed by atoms with E-state index in [-0.39, 0.29) is 24.1 Å². The molecule has 0 fully saturated rings. The van der Waals surface area contributed by atoms with E-state index in [2.05, 4.69) is 33.6 Å². The van der Waals surface area contributed by atoms with Gasteiger partial charge in [0, 0.05) is 42.3 Å². The van der Waals surface area contributed by atoms with Crippen molar-refractivity contribution in [1.29, 1.82) is 0 Å². The minimum absolute atomic E-state index is 0.188. The Bertz CT molecular complexity index is 1990. The molecule has 0 aliphatic heterocycles. The molecule has 0 saturated heterocycles. The summed E-state index contributed by atoms with van der Waals surface area (Å²) in [6, 6.07) is 20.6. The van der Waals surface area contributed by atoms with Crippen molar-refractivity contribution in [2.75, 3.05) is 18.5 Å². The van der Waals surface area contributed by atoms with Crippen molar-refractivity contribution in [3.05, 3.63) is 130 Å². The molecule has 2 N–H and O–H groups in total. The van der Waals surface area contributed by atoms with Crippen molar-refractivity contribution in [2.45, 2.75) is 40.8 Å². The Kier molecular flexibility index (Phi) is 10.5. The van der Waals surface area contributed by atoms with Gasteiger partial charge in [-0.2, -0.15) is 0 Å². The molecule has 48 heavy (non-hydrogen) atoms. The number of hydrogen-bond donors (Lipinski definition) is 2. The molecule has 0 saturated carbocycles. The number of anilines is 1. The van der Waals surface area contributed by atoms with Crippen molar-refractivity contribution in [3.63, 3.8) is 0 Å². The number of ether oxygens (including phenoxy) is 1. The van der Waals surface area contributed by atoms with Crippen LogP contribution in [0.5, 0.6) is 5.75 Å². The van der Waals surface area contributed by atoms with Gasteiger partial charge >= 0.3 is 0 Å². The fourth-order valence-corrected chi connectivity index (χ4v) is 5.34. The number of para-hydroxylation sites is 1. The summed E-state index contributed by atoms with van der Waals surface area (Å²) in [5, 5.41) is 6.47. The molecular formula is C38H38N6O4. The molecule has 0 atom stereocenters. The second-order valence-corrected chi connectivity index (χ2v) is 11.5. The zero-order valence-corrected chi connectivity index (χ0v) is 27.7. The number of aromatic nitrogens is 3. The van der Waals surface area contributed by atoms with Gasteiger partial charge in [-0.25, -0.2) is 4.98 Å². The first kappa shape index (κ1) is 33.5. The van der Waals surface area contributed by atoms with E-state index in [0.29, 0.717) is 24.5 Å². The summed E-state index contributed by atoms with van der Waals surface area (Å²) >= 11 is 0. The second kappa shape index (κ2) is 15.1. The highest BCUT2D eigenvalue weighted by Crippen LogP contribution is 2.30. The van der Waals surface area contributed by atoms with Crippen LogP contribution >= 0.6 is 0 Å². The lowest BCUT2D eigenvalue weighted by molar-refractivity contribution is -0.122. The number of benzene rings is 2. The van der Waals surface area contributed by atoms with Crippen LogP contribution in [0.25, 0.3) is 17.0 Å². The van der Waals surface area contributed by atoms with Gasteiger partial charge in [-0.15, -0.1) is 0 Å². The summed E-state index contributed by atoms with van der Waals surface area (Å²) < 4.78 is 6.30. The predicted octanol–water partition coefficient (Wildman–Crippen LogP) is 5.56. The number of fused-ring (bicyclic) bond motifs is 1.